The van der Waals surface area contributed by atoms with Crippen LogP contribution >= 0.6 is 0 Å². The van der Waals surface area contributed by atoms with Gasteiger partial charge in [-0.25, -0.2) is 0 Å². The Labute approximate surface area is 122 Å². The number of carbonyl (C=O) groups is 1. The van der Waals surface area contributed by atoms with Crippen LogP contribution in [-0.4, -0.2) is 41.6 Å². The van der Waals surface area contributed by atoms with Gasteiger partial charge in [0.1, 0.15) is 5.84 Å². The first kappa shape index (κ1) is 17.6. The van der Waals surface area contributed by atoms with Crippen molar-refractivity contribution < 1.29 is 23.2 Å². The van der Waals surface area contributed by atoms with Crippen LogP contribution in [-0.2, 0) is 4.79 Å². The molecule has 1 rings (SSSR count). The summed E-state index contributed by atoms with van der Waals surface area (Å²) in [7, 11) is 1.58. The number of rotatable bonds is 4. The van der Waals surface area contributed by atoms with E-state index in [0.717, 1.165) is 0 Å². The maximum Gasteiger partial charge on any atom is 0.391 e. The van der Waals surface area contributed by atoms with Gasteiger partial charge in [-0.1, -0.05) is 12.1 Å². The van der Waals surface area contributed by atoms with Crippen molar-refractivity contribution in [2.24, 2.45) is 28.6 Å². The molecule has 0 radical (unpaired) electrons. The van der Waals surface area contributed by atoms with Crippen molar-refractivity contribution in [3.8, 4) is 0 Å². The Bertz CT molecular complexity index is 391. The van der Waals surface area contributed by atoms with Gasteiger partial charge in [-0.2, -0.15) is 13.2 Å². The van der Waals surface area contributed by atoms with E-state index in [9.17, 15) is 18.0 Å². The van der Waals surface area contributed by atoms with Crippen molar-refractivity contribution in [2.45, 2.75) is 38.8 Å². The molecule has 0 bridgehead atoms. The minimum absolute atomic E-state index is 0.00351. The molecule has 0 saturated heterocycles. The summed E-state index contributed by atoms with van der Waals surface area (Å²) in [5.41, 5.74) is 5.45. The highest BCUT2D eigenvalue weighted by Crippen LogP contribution is 2.39. The molecular formula is C13H22F3N3O2. The van der Waals surface area contributed by atoms with Crippen LogP contribution in [0, 0.1) is 17.8 Å². The highest BCUT2D eigenvalue weighted by molar-refractivity contribution is 5.83. The summed E-state index contributed by atoms with van der Waals surface area (Å²) in [6.45, 7) is 1.98. The second-order valence-corrected chi connectivity index (χ2v) is 5.73. The Kier molecular flexibility index (Phi) is 5.86. The molecular weight excluding hydrogens is 287 g/mol. The fourth-order valence-electron chi connectivity index (χ4n) is 2.67. The maximum atomic E-state index is 12.6. The fraction of sp³-hybridized carbons (Fsp3) is 0.846. The number of hydrogen-bond donors (Lipinski definition) is 2. The van der Waals surface area contributed by atoms with Gasteiger partial charge in [0, 0.05) is 25.4 Å². The molecule has 1 aliphatic carbocycles. The summed E-state index contributed by atoms with van der Waals surface area (Å²) in [4.78, 5) is 13.6. The molecule has 1 atom stereocenters. The van der Waals surface area contributed by atoms with Crippen LogP contribution < -0.4 is 5.73 Å². The average Bonchev–Trinajstić information content (AvgIpc) is 2.44. The van der Waals surface area contributed by atoms with Crippen molar-refractivity contribution in [3.05, 3.63) is 0 Å². The number of halogens is 3. The van der Waals surface area contributed by atoms with Gasteiger partial charge in [0.2, 0.25) is 5.91 Å². The standard InChI is InChI=1S/C13H22F3N3O2/c1-8(11(17)18-21)7-19(2)12(20)9-3-5-10(6-4-9)13(14,15)16/h8-10,21H,3-7H2,1-2H3,(H2,17,18). The van der Waals surface area contributed by atoms with Crippen molar-refractivity contribution in [1.82, 2.24) is 4.90 Å². The second-order valence-electron chi connectivity index (χ2n) is 5.73. The van der Waals surface area contributed by atoms with E-state index in [-0.39, 0.29) is 55.8 Å². The fourth-order valence-corrected chi connectivity index (χ4v) is 2.67. The quantitative estimate of drug-likeness (QED) is 0.362. The Balaban J connectivity index is 2.50. The lowest BCUT2D eigenvalue weighted by Gasteiger charge is -2.32. The zero-order chi connectivity index (χ0) is 16.2. The van der Waals surface area contributed by atoms with Crippen LogP contribution in [0.4, 0.5) is 13.2 Å². The van der Waals surface area contributed by atoms with Gasteiger partial charge >= 0.3 is 6.18 Å². The van der Waals surface area contributed by atoms with Crippen LogP contribution in [0.25, 0.3) is 0 Å². The molecule has 21 heavy (non-hydrogen) atoms. The average molecular weight is 309 g/mol. The summed E-state index contributed by atoms with van der Waals surface area (Å²) >= 11 is 0. The van der Waals surface area contributed by atoms with E-state index in [4.69, 9.17) is 10.9 Å². The van der Waals surface area contributed by atoms with Gasteiger partial charge in [0.15, 0.2) is 0 Å². The first-order chi connectivity index (χ1) is 9.66. The van der Waals surface area contributed by atoms with Crippen LogP contribution in [0.2, 0.25) is 0 Å². The lowest BCUT2D eigenvalue weighted by atomic mass is 9.81. The van der Waals surface area contributed by atoms with E-state index in [0.29, 0.717) is 0 Å². The molecule has 1 fully saturated rings. The van der Waals surface area contributed by atoms with Crippen LogP contribution in [0.3, 0.4) is 0 Å². The van der Waals surface area contributed by atoms with Gasteiger partial charge in [-0.15, -0.1) is 0 Å². The summed E-state index contributed by atoms with van der Waals surface area (Å²) in [5, 5.41) is 11.4. The highest BCUT2D eigenvalue weighted by atomic mass is 19.4. The Hall–Kier alpha value is -1.47. The number of nitrogens with zero attached hydrogens (tertiary/aromatic N) is 2. The summed E-state index contributed by atoms with van der Waals surface area (Å²) in [5.74, 6) is -2.12. The lowest BCUT2D eigenvalue weighted by Crippen LogP contribution is -2.41. The molecule has 1 unspecified atom stereocenters. The maximum absolute atomic E-state index is 12.6. The van der Waals surface area contributed by atoms with E-state index in [1.165, 1.54) is 4.90 Å². The van der Waals surface area contributed by atoms with Gasteiger partial charge < -0.3 is 15.8 Å². The Morgan fingerprint density at radius 3 is 2.33 bits per heavy atom. The Morgan fingerprint density at radius 1 is 1.38 bits per heavy atom. The molecule has 0 aromatic carbocycles. The van der Waals surface area contributed by atoms with E-state index in [1.54, 1.807) is 14.0 Å². The molecule has 5 nitrogen and oxygen atoms in total. The third kappa shape index (κ3) is 4.78. The minimum Gasteiger partial charge on any atom is -0.409 e. The molecule has 1 saturated carbocycles. The largest absolute Gasteiger partial charge is 0.409 e. The van der Waals surface area contributed by atoms with E-state index < -0.39 is 12.1 Å². The normalized spacial score (nSPS) is 25.5. The second kappa shape index (κ2) is 7.00. The molecule has 0 aromatic rings. The van der Waals surface area contributed by atoms with Crippen molar-refractivity contribution in [2.75, 3.05) is 13.6 Å². The Morgan fingerprint density at radius 2 is 1.90 bits per heavy atom. The van der Waals surface area contributed by atoms with E-state index in [1.807, 2.05) is 0 Å². The number of alkyl halides is 3. The third-order valence-corrected chi connectivity index (χ3v) is 4.08. The zero-order valence-corrected chi connectivity index (χ0v) is 12.2. The van der Waals surface area contributed by atoms with Gasteiger partial charge in [0.05, 0.1) is 5.92 Å². The number of carbonyl (C=O) groups excluding carboxylic acids is 1. The highest BCUT2D eigenvalue weighted by Gasteiger charge is 2.42. The zero-order valence-electron chi connectivity index (χ0n) is 12.2. The van der Waals surface area contributed by atoms with E-state index >= 15 is 0 Å². The summed E-state index contributed by atoms with van der Waals surface area (Å²) < 4.78 is 37.7. The molecule has 0 aliphatic heterocycles. The first-order valence-electron chi connectivity index (χ1n) is 6.96. The molecule has 3 N–H and O–H groups in total. The number of nitrogens with two attached hydrogens (primary N) is 1. The van der Waals surface area contributed by atoms with Crippen molar-refractivity contribution in [1.29, 1.82) is 0 Å². The summed E-state index contributed by atoms with van der Waals surface area (Å²) in [6.07, 6.45) is -3.65. The third-order valence-electron chi connectivity index (χ3n) is 4.08. The number of amidine groups is 1. The van der Waals surface area contributed by atoms with Crippen molar-refractivity contribution in [3.63, 3.8) is 0 Å². The molecule has 0 heterocycles. The SMILES string of the molecule is CC(CN(C)C(=O)C1CCC(C(F)(F)F)CC1)C(N)=NO. The number of amides is 1. The van der Waals surface area contributed by atoms with Gasteiger partial charge in [-0.3, -0.25) is 4.79 Å². The van der Waals surface area contributed by atoms with Crippen molar-refractivity contribution >= 4 is 11.7 Å². The molecule has 1 aliphatic rings. The molecule has 0 spiro atoms. The number of hydrogen-bond acceptors (Lipinski definition) is 3. The molecule has 8 heteroatoms. The van der Waals surface area contributed by atoms with Crippen LogP contribution in [0.15, 0.2) is 5.16 Å². The minimum atomic E-state index is -4.17. The van der Waals surface area contributed by atoms with Crippen LogP contribution in [0.1, 0.15) is 32.6 Å². The topological polar surface area (TPSA) is 78.9 Å². The van der Waals surface area contributed by atoms with Crippen LogP contribution in [0.5, 0.6) is 0 Å². The predicted octanol–water partition coefficient (Wildman–Crippen LogP) is 2.20. The van der Waals surface area contributed by atoms with Gasteiger partial charge in [-0.05, 0) is 25.7 Å². The van der Waals surface area contributed by atoms with Gasteiger partial charge in [0.25, 0.3) is 0 Å². The summed E-state index contributed by atoms with van der Waals surface area (Å²) in [6, 6.07) is 0. The smallest absolute Gasteiger partial charge is 0.391 e. The monoisotopic (exact) mass is 309 g/mol. The molecule has 122 valence electrons. The lowest BCUT2D eigenvalue weighted by molar-refractivity contribution is -0.185. The number of oxime groups is 1. The molecule has 0 aromatic heterocycles. The predicted molar refractivity (Wildman–Crippen MR) is 71.7 cm³/mol. The molecule has 1 amide bonds. The van der Waals surface area contributed by atoms with E-state index in [2.05, 4.69) is 5.16 Å². The first-order valence-corrected chi connectivity index (χ1v) is 6.96.